The molecule has 0 saturated carbocycles. The monoisotopic (exact) mass is 539 g/mol. The number of pyridine rings is 1. The number of carbonyl (C=O) groups is 1. The number of benzene rings is 2. The summed E-state index contributed by atoms with van der Waals surface area (Å²) in [6.45, 7) is 17.6. The molecule has 7 nitrogen and oxygen atoms in total. The van der Waals surface area contributed by atoms with Gasteiger partial charge in [-0.05, 0) is 74.1 Å². The van der Waals surface area contributed by atoms with E-state index in [-0.39, 0.29) is 17.8 Å². The van der Waals surface area contributed by atoms with Gasteiger partial charge in [-0.3, -0.25) is 14.7 Å². The number of aromatic nitrogens is 4. The molecule has 0 fully saturated rings. The van der Waals surface area contributed by atoms with Crippen molar-refractivity contribution in [3.8, 4) is 5.75 Å². The van der Waals surface area contributed by atoms with Crippen molar-refractivity contribution in [2.24, 2.45) is 5.41 Å². The molecule has 0 unspecified atom stereocenters. The maximum atomic E-state index is 13.1. The first kappa shape index (κ1) is 28.0. The van der Waals surface area contributed by atoms with Crippen LogP contribution in [0.15, 0.2) is 48.8 Å². The molecule has 2 aromatic heterocycles. The number of fused-ring (bicyclic) bond motifs is 2. The molecule has 7 heteroatoms. The Hall–Kier alpha value is -3.58. The molecule has 0 aliphatic carbocycles. The average Bonchev–Trinajstić information content (AvgIpc) is 3.27. The first-order valence-corrected chi connectivity index (χ1v) is 14.4. The molecule has 0 radical (unpaired) electrons. The third-order valence-electron chi connectivity index (χ3n) is 8.79. The molecule has 40 heavy (non-hydrogen) atoms. The van der Waals surface area contributed by atoms with Crippen molar-refractivity contribution < 1.29 is 9.53 Å². The number of ketones is 1. The highest BCUT2D eigenvalue weighted by Crippen LogP contribution is 2.44. The van der Waals surface area contributed by atoms with Crippen molar-refractivity contribution in [3.63, 3.8) is 0 Å². The van der Waals surface area contributed by atoms with Crippen molar-refractivity contribution in [2.75, 3.05) is 6.54 Å². The van der Waals surface area contributed by atoms with Crippen LogP contribution in [0.5, 0.6) is 5.75 Å². The van der Waals surface area contributed by atoms with Gasteiger partial charge in [-0.2, -0.15) is 0 Å². The second-order valence-corrected chi connectivity index (χ2v) is 11.8. The molecule has 210 valence electrons. The fourth-order valence-corrected chi connectivity index (χ4v) is 5.99. The molecule has 0 saturated heterocycles. The Labute approximate surface area is 237 Å². The van der Waals surface area contributed by atoms with Crippen LogP contribution < -0.4 is 4.74 Å². The van der Waals surface area contributed by atoms with E-state index in [1.807, 2.05) is 16.9 Å². The Bertz CT molecular complexity index is 1540. The molecule has 0 amide bonds. The van der Waals surface area contributed by atoms with E-state index in [1.54, 1.807) is 13.1 Å². The van der Waals surface area contributed by atoms with E-state index in [9.17, 15) is 4.79 Å². The van der Waals surface area contributed by atoms with Gasteiger partial charge in [0.05, 0.1) is 5.52 Å². The second kappa shape index (κ2) is 11.1. The number of rotatable bonds is 8. The molecule has 2 atom stereocenters. The van der Waals surface area contributed by atoms with Crippen molar-refractivity contribution in [2.45, 2.75) is 86.5 Å². The number of hydrogen-bond donors (Lipinski definition) is 0. The minimum absolute atomic E-state index is 0.124. The molecule has 1 aliphatic heterocycles. The van der Waals surface area contributed by atoms with Crippen LogP contribution >= 0.6 is 0 Å². The van der Waals surface area contributed by atoms with E-state index in [0.29, 0.717) is 0 Å². The zero-order valence-electron chi connectivity index (χ0n) is 24.9. The highest BCUT2D eigenvalue weighted by Gasteiger charge is 2.38. The third-order valence-corrected chi connectivity index (χ3v) is 8.79. The molecule has 1 aliphatic rings. The Kier molecular flexibility index (Phi) is 7.78. The summed E-state index contributed by atoms with van der Waals surface area (Å²) in [6, 6.07) is 13.0. The van der Waals surface area contributed by atoms with Crippen LogP contribution in [0.2, 0.25) is 0 Å². The van der Waals surface area contributed by atoms with Gasteiger partial charge in [-0.25, -0.2) is 4.68 Å². The van der Waals surface area contributed by atoms with E-state index in [1.165, 1.54) is 11.1 Å². The van der Waals surface area contributed by atoms with Gasteiger partial charge in [0.15, 0.2) is 0 Å². The van der Waals surface area contributed by atoms with Crippen LogP contribution in [-0.2, 0) is 24.4 Å². The molecule has 0 N–H and O–H groups in total. The molecule has 0 spiro atoms. The summed E-state index contributed by atoms with van der Waals surface area (Å²) < 4.78 is 8.24. The van der Waals surface area contributed by atoms with E-state index < -0.39 is 5.41 Å². The van der Waals surface area contributed by atoms with Crippen LogP contribution in [0.3, 0.4) is 0 Å². The van der Waals surface area contributed by atoms with Gasteiger partial charge in [0, 0.05) is 55.5 Å². The summed E-state index contributed by atoms with van der Waals surface area (Å²) >= 11 is 0. The van der Waals surface area contributed by atoms with E-state index in [4.69, 9.17) is 4.74 Å². The number of hydrogen-bond acceptors (Lipinski definition) is 6. The van der Waals surface area contributed by atoms with Gasteiger partial charge >= 0.3 is 0 Å². The summed E-state index contributed by atoms with van der Waals surface area (Å²) in [5.74, 6) is 0.973. The van der Waals surface area contributed by atoms with Gasteiger partial charge in [0.1, 0.15) is 23.2 Å². The Balaban J connectivity index is 1.56. The van der Waals surface area contributed by atoms with E-state index >= 15 is 0 Å². The molecular weight excluding hydrogens is 498 g/mol. The number of ether oxygens (including phenoxy) is 1. The maximum absolute atomic E-state index is 13.1. The SMILES string of the molecule is CC[C@@H]1CN(Cc2cc([C@@H](c3ccc4c(nnn4CC)c3C)C(C)(C)C(C)=O)ccc2C)Cc2cnccc2O1. The van der Waals surface area contributed by atoms with Crippen LogP contribution in [0.4, 0.5) is 0 Å². The maximum Gasteiger partial charge on any atom is 0.136 e. The van der Waals surface area contributed by atoms with Crippen molar-refractivity contribution in [1.82, 2.24) is 24.9 Å². The summed E-state index contributed by atoms with van der Waals surface area (Å²) in [6.07, 6.45) is 4.79. The fraction of sp³-hybridized carbons (Fsp3) is 0.455. The summed E-state index contributed by atoms with van der Waals surface area (Å²) in [7, 11) is 0. The van der Waals surface area contributed by atoms with Crippen LogP contribution in [0, 0.1) is 19.3 Å². The summed E-state index contributed by atoms with van der Waals surface area (Å²) in [5.41, 5.74) is 8.29. The lowest BCUT2D eigenvalue weighted by atomic mass is 9.68. The van der Waals surface area contributed by atoms with Crippen LogP contribution in [0.25, 0.3) is 11.0 Å². The molecular formula is C33H41N5O2. The smallest absolute Gasteiger partial charge is 0.136 e. The van der Waals surface area contributed by atoms with E-state index in [2.05, 4.69) is 92.1 Å². The second-order valence-electron chi connectivity index (χ2n) is 11.8. The van der Waals surface area contributed by atoms with E-state index in [0.717, 1.165) is 71.6 Å². The lowest BCUT2D eigenvalue weighted by Crippen LogP contribution is -2.33. The standard InChI is InChI=1S/C33H41N5O2/c1-8-27-20-37(19-26-17-34-15-14-30(26)40-27)18-25-16-24(11-10-21(25)3)31(33(6,7)23(5)39)28-12-13-29-32(22(28)4)35-36-38(29)9-2/h10-17,27,31H,8-9,18-20H2,1-7H3/t27-,31+/m1/s1. The lowest BCUT2D eigenvalue weighted by Gasteiger charge is -2.35. The summed E-state index contributed by atoms with van der Waals surface area (Å²) in [5, 5.41) is 8.86. The van der Waals surface area contributed by atoms with Crippen LogP contribution in [0.1, 0.15) is 80.3 Å². The Morgan fingerprint density at radius 2 is 1.95 bits per heavy atom. The molecule has 2 aromatic carbocycles. The highest BCUT2D eigenvalue weighted by atomic mass is 16.5. The Morgan fingerprint density at radius 1 is 1.15 bits per heavy atom. The van der Waals surface area contributed by atoms with Crippen molar-refractivity contribution >= 4 is 16.8 Å². The van der Waals surface area contributed by atoms with Gasteiger partial charge in [-0.1, -0.05) is 50.3 Å². The number of Topliss-reactive ketones (excluding diaryl/α,β-unsaturated/α-hetero) is 1. The topological polar surface area (TPSA) is 73.1 Å². The predicted octanol–water partition coefficient (Wildman–Crippen LogP) is 6.38. The molecule has 4 aromatic rings. The normalized spacial score (nSPS) is 16.8. The zero-order valence-corrected chi connectivity index (χ0v) is 24.9. The van der Waals surface area contributed by atoms with Gasteiger partial charge < -0.3 is 4.74 Å². The quantitative estimate of drug-likeness (QED) is 0.259. The number of aryl methyl sites for hydroxylation is 3. The van der Waals surface area contributed by atoms with Crippen molar-refractivity contribution in [3.05, 3.63) is 82.2 Å². The minimum Gasteiger partial charge on any atom is -0.489 e. The number of nitrogens with zero attached hydrogens (tertiary/aromatic N) is 5. The minimum atomic E-state index is -0.611. The number of carbonyl (C=O) groups excluding carboxylic acids is 1. The zero-order chi connectivity index (χ0) is 28.6. The molecule has 5 rings (SSSR count). The predicted molar refractivity (Wildman–Crippen MR) is 158 cm³/mol. The average molecular weight is 540 g/mol. The van der Waals surface area contributed by atoms with Gasteiger partial charge in [0.2, 0.25) is 0 Å². The highest BCUT2D eigenvalue weighted by molar-refractivity contribution is 5.85. The lowest BCUT2D eigenvalue weighted by molar-refractivity contribution is -0.125. The molecule has 0 bridgehead atoms. The largest absolute Gasteiger partial charge is 0.489 e. The Morgan fingerprint density at radius 3 is 2.67 bits per heavy atom. The third kappa shape index (κ3) is 5.15. The van der Waals surface area contributed by atoms with Gasteiger partial charge in [0.25, 0.3) is 0 Å². The first-order chi connectivity index (χ1) is 19.1. The van der Waals surface area contributed by atoms with Crippen LogP contribution in [-0.4, -0.2) is 43.3 Å². The summed E-state index contributed by atoms with van der Waals surface area (Å²) in [4.78, 5) is 19.9. The fourth-order valence-electron chi connectivity index (χ4n) is 5.99. The van der Waals surface area contributed by atoms with Crippen molar-refractivity contribution in [1.29, 1.82) is 0 Å². The first-order valence-electron chi connectivity index (χ1n) is 14.4. The molecule has 3 heterocycles. The van der Waals surface area contributed by atoms with Gasteiger partial charge in [-0.15, -0.1) is 5.10 Å².